The molecule has 0 bridgehead atoms. The molecule has 0 aromatic heterocycles. The molecule has 0 heterocycles. The zero-order valence-electron chi connectivity index (χ0n) is 25.7. The molecular formula is C32H45I6O6P. The number of halogens is 6. The van der Waals surface area contributed by atoms with Crippen LogP contribution < -0.4 is 9.47 Å². The molecular weight excluding hydrogens is 1270 g/mol. The fourth-order valence-corrected chi connectivity index (χ4v) is 13.2. The standard InChI is InChI=1S/C32H45I6O6P/c33-25-21-27(35)31(28(36)22-25)41-17-13-9-5-1-3-7-11-15-19-43-45(39,40)44-20-16-12-8-4-2-6-10-14-18-42-32-29(37)23-26(34)24-30(32)38/h21-24H,1-20H2,(H,39,40). The van der Waals surface area contributed by atoms with E-state index in [1.165, 1.54) is 72.8 Å². The second kappa shape index (κ2) is 26.3. The highest BCUT2D eigenvalue weighted by molar-refractivity contribution is 14.1. The molecule has 256 valence electrons. The first-order valence-corrected chi connectivity index (χ1v) is 23.7. The Morgan fingerprint density at radius 2 is 0.689 bits per heavy atom. The van der Waals surface area contributed by atoms with E-state index in [4.69, 9.17) is 18.5 Å². The molecule has 0 unspecified atom stereocenters. The van der Waals surface area contributed by atoms with Gasteiger partial charge in [-0.3, -0.25) is 9.05 Å². The largest absolute Gasteiger partial charge is 0.491 e. The van der Waals surface area contributed by atoms with Crippen LogP contribution in [-0.2, 0) is 13.6 Å². The van der Waals surface area contributed by atoms with Crippen molar-refractivity contribution in [2.75, 3.05) is 26.4 Å². The van der Waals surface area contributed by atoms with Gasteiger partial charge in [-0.25, -0.2) is 4.57 Å². The molecule has 0 aliphatic carbocycles. The van der Waals surface area contributed by atoms with Crippen molar-refractivity contribution in [3.8, 4) is 11.5 Å². The van der Waals surface area contributed by atoms with Crippen molar-refractivity contribution in [3.63, 3.8) is 0 Å². The molecule has 6 nitrogen and oxygen atoms in total. The van der Waals surface area contributed by atoms with Gasteiger partial charge in [0.05, 0.1) is 40.7 Å². The average Bonchev–Trinajstić information content (AvgIpc) is 2.96. The van der Waals surface area contributed by atoms with Crippen LogP contribution in [0.3, 0.4) is 0 Å². The molecule has 2 aromatic carbocycles. The van der Waals surface area contributed by atoms with Crippen molar-refractivity contribution in [1.82, 2.24) is 0 Å². The second-order valence-corrected chi connectivity index (χ2v) is 19.5. The smallest absolute Gasteiger partial charge is 0.472 e. The van der Waals surface area contributed by atoms with Crippen LogP contribution in [0, 0.1) is 21.4 Å². The van der Waals surface area contributed by atoms with Gasteiger partial charge in [0.2, 0.25) is 0 Å². The molecule has 0 atom stereocenters. The van der Waals surface area contributed by atoms with E-state index in [2.05, 4.69) is 160 Å². The molecule has 13 heteroatoms. The van der Waals surface area contributed by atoms with Crippen molar-refractivity contribution in [2.45, 2.75) is 103 Å². The van der Waals surface area contributed by atoms with E-state index in [1.54, 1.807) is 0 Å². The summed E-state index contributed by atoms with van der Waals surface area (Å²) in [5, 5.41) is 0. The Kier molecular flexibility index (Phi) is 25.6. The predicted molar refractivity (Wildman–Crippen MR) is 236 cm³/mol. The van der Waals surface area contributed by atoms with Crippen LogP contribution in [0.2, 0.25) is 0 Å². The number of hydrogen-bond acceptors (Lipinski definition) is 5. The van der Waals surface area contributed by atoms with Gasteiger partial charge in [-0.05, 0) is 185 Å². The molecule has 1 N–H and O–H groups in total. The predicted octanol–water partition coefficient (Wildman–Crippen LogP) is 13.1. The molecule has 45 heavy (non-hydrogen) atoms. The van der Waals surface area contributed by atoms with Gasteiger partial charge < -0.3 is 14.4 Å². The van der Waals surface area contributed by atoms with Gasteiger partial charge in [-0.15, -0.1) is 0 Å². The highest BCUT2D eigenvalue weighted by atomic mass is 127. The lowest BCUT2D eigenvalue weighted by molar-refractivity contribution is 0.145. The third kappa shape index (κ3) is 20.8. The van der Waals surface area contributed by atoms with Crippen LogP contribution in [-0.4, -0.2) is 31.3 Å². The highest BCUT2D eigenvalue weighted by Gasteiger charge is 2.20. The number of benzene rings is 2. The zero-order chi connectivity index (χ0) is 32.9. The van der Waals surface area contributed by atoms with Crippen LogP contribution in [0.25, 0.3) is 0 Å². The van der Waals surface area contributed by atoms with Crippen molar-refractivity contribution in [2.24, 2.45) is 0 Å². The normalized spacial score (nSPS) is 11.7. The molecule has 0 aliphatic heterocycles. The summed E-state index contributed by atoms with van der Waals surface area (Å²) in [6, 6.07) is 8.59. The summed E-state index contributed by atoms with van der Waals surface area (Å²) in [5.74, 6) is 2.02. The lowest BCUT2D eigenvalue weighted by Crippen LogP contribution is -2.01. The summed E-state index contributed by atoms with van der Waals surface area (Å²) in [6.45, 7) is 2.07. The van der Waals surface area contributed by atoms with Crippen molar-refractivity contribution in [3.05, 3.63) is 45.7 Å². The van der Waals surface area contributed by atoms with E-state index < -0.39 is 7.82 Å². The summed E-state index contributed by atoms with van der Waals surface area (Å²) in [6.07, 6.45) is 17.5. The Morgan fingerprint density at radius 3 is 0.978 bits per heavy atom. The Balaban J connectivity index is 1.32. The Labute approximate surface area is 352 Å². The topological polar surface area (TPSA) is 74.2 Å². The monoisotopic (exact) mass is 1320 g/mol. The molecule has 2 aromatic rings. The van der Waals surface area contributed by atoms with Crippen molar-refractivity contribution >= 4 is 143 Å². The minimum Gasteiger partial charge on any atom is -0.491 e. The molecule has 0 aliphatic rings. The van der Waals surface area contributed by atoms with E-state index in [-0.39, 0.29) is 13.2 Å². The van der Waals surface area contributed by atoms with Gasteiger partial charge in [0, 0.05) is 7.14 Å². The molecule has 0 saturated carbocycles. The molecule has 0 amide bonds. The number of rotatable bonds is 26. The minimum atomic E-state index is -3.94. The Bertz CT molecular complexity index is 1040. The van der Waals surface area contributed by atoms with Crippen LogP contribution in [0.1, 0.15) is 103 Å². The molecule has 0 radical (unpaired) electrons. The third-order valence-corrected chi connectivity index (χ3v) is 12.5. The number of phosphoric ester groups is 1. The fraction of sp³-hybridized carbons (Fsp3) is 0.625. The van der Waals surface area contributed by atoms with Gasteiger partial charge in [0.15, 0.2) is 0 Å². The van der Waals surface area contributed by atoms with Crippen molar-refractivity contribution in [1.29, 1.82) is 0 Å². The van der Waals surface area contributed by atoms with Gasteiger partial charge in [-0.2, -0.15) is 0 Å². The molecule has 0 saturated heterocycles. The van der Waals surface area contributed by atoms with E-state index in [0.29, 0.717) is 0 Å². The Hall–Kier alpha value is 2.53. The first-order chi connectivity index (χ1) is 21.6. The van der Waals surface area contributed by atoms with E-state index in [0.717, 1.165) is 76.1 Å². The number of unbranched alkanes of at least 4 members (excludes halogenated alkanes) is 14. The van der Waals surface area contributed by atoms with Gasteiger partial charge in [-0.1, -0.05) is 77.0 Å². The van der Waals surface area contributed by atoms with Crippen molar-refractivity contribution < 1.29 is 28.0 Å². The first-order valence-electron chi connectivity index (χ1n) is 15.8. The second-order valence-electron chi connectivity index (χ2n) is 10.9. The maximum Gasteiger partial charge on any atom is 0.472 e. The van der Waals surface area contributed by atoms with Crippen LogP contribution in [0.15, 0.2) is 24.3 Å². The lowest BCUT2D eigenvalue weighted by atomic mass is 10.1. The van der Waals surface area contributed by atoms with Gasteiger partial charge in [0.1, 0.15) is 11.5 Å². The number of ether oxygens (including phenoxy) is 2. The first kappa shape index (κ1) is 43.7. The third-order valence-electron chi connectivity index (χ3n) is 7.01. The van der Waals surface area contributed by atoms with Gasteiger partial charge >= 0.3 is 7.82 Å². The number of phosphoric acid groups is 1. The lowest BCUT2D eigenvalue weighted by Gasteiger charge is -2.12. The minimum absolute atomic E-state index is 0.273. The SMILES string of the molecule is O=P(O)(OCCCCCCCCCCOc1c(I)cc(I)cc1I)OCCCCCCCCCCOc1c(I)cc(I)cc1I. The summed E-state index contributed by atoms with van der Waals surface area (Å²) < 4.78 is 41.6. The van der Waals surface area contributed by atoms with Crippen LogP contribution >= 0.6 is 143 Å². The Morgan fingerprint density at radius 1 is 0.444 bits per heavy atom. The van der Waals surface area contributed by atoms with E-state index >= 15 is 0 Å². The zero-order valence-corrected chi connectivity index (χ0v) is 39.5. The maximum absolute atomic E-state index is 12.1. The summed E-state index contributed by atoms with van der Waals surface area (Å²) in [5.41, 5.74) is 0. The fourth-order valence-electron chi connectivity index (χ4n) is 4.61. The molecule has 0 spiro atoms. The summed E-state index contributed by atoms with van der Waals surface area (Å²) >= 11 is 14.0. The summed E-state index contributed by atoms with van der Waals surface area (Å²) in [4.78, 5) is 9.92. The molecule has 0 fully saturated rings. The van der Waals surface area contributed by atoms with Crippen LogP contribution in [0.4, 0.5) is 0 Å². The maximum atomic E-state index is 12.1. The van der Waals surface area contributed by atoms with Crippen LogP contribution in [0.5, 0.6) is 11.5 Å². The molecule has 2 rings (SSSR count). The van der Waals surface area contributed by atoms with E-state index in [9.17, 15) is 9.46 Å². The average molecular weight is 1320 g/mol. The summed E-state index contributed by atoms with van der Waals surface area (Å²) in [7, 11) is -3.94. The quantitative estimate of drug-likeness (QED) is 0.0575. The highest BCUT2D eigenvalue weighted by Crippen LogP contribution is 2.43. The number of hydrogen-bond donors (Lipinski definition) is 1. The van der Waals surface area contributed by atoms with Gasteiger partial charge in [0.25, 0.3) is 0 Å². The van der Waals surface area contributed by atoms with E-state index in [1.807, 2.05) is 0 Å².